The molecule has 1 aliphatic heterocycles. The maximum atomic E-state index is 11.6. The van der Waals surface area contributed by atoms with Crippen LogP contribution in [-0.2, 0) is 4.79 Å². The molecular formula is C15H20N2O4. The van der Waals surface area contributed by atoms with Crippen molar-refractivity contribution in [1.82, 2.24) is 4.90 Å². The molecule has 0 saturated carbocycles. The summed E-state index contributed by atoms with van der Waals surface area (Å²) in [6.07, 6.45) is 1.21. The maximum Gasteiger partial charge on any atom is 0.339 e. The first-order valence-electron chi connectivity index (χ1n) is 6.95. The Labute approximate surface area is 123 Å². The topological polar surface area (TPSA) is 70.1 Å². The first kappa shape index (κ1) is 15.2. The lowest BCUT2D eigenvalue weighted by atomic mass is 10.1. The standard InChI is InChI=1S/C15H20N2O4/c1-16(2)13(18)7-4-8-17-9-10-21-14-11(15(19)20)5-3-6-12(14)17/h3,5-6H,4,7-10H2,1-2H3,(H,19,20). The van der Waals surface area contributed by atoms with Gasteiger partial charge in [-0.3, -0.25) is 4.79 Å². The van der Waals surface area contributed by atoms with Gasteiger partial charge in [0.15, 0.2) is 5.75 Å². The smallest absolute Gasteiger partial charge is 0.339 e. The molecular weight excluding hydrogens is 272 g/mol. The molecule has 0 atom stereocenters. The molecule has 6 heteroatoms. The summed E-state index contributed by atoms with van der Waals surface area (Å²) in [6.45, 7) is 1.87. The van der Waals surface area contributed by atoms with E-state index in [1.165, 1.54) is 0 Å². The molecule has 0 fully saturated rings. The Morgan fingerprint density at radius 1 is 1.38 bits per heavy atom. The molecule has 0 spiro atoms. The molecule has 1 N–H and O–H groups in total. The summed E-state index contributed by atoms with van der Waals surface area (Å²) in [4.78, 5) is 26.4. The van der Waals surface area contributed by atoms with Gasteiger partial charge in [-0.15, -0.1) is 0 Å². The highest BCUT2D eigenvalue weighted by Gasteiger charge is 2.23. The molecule has 0 unspecified atom stereocenters. The zero-order valence-electron chi connectivity index (χ0n) is 12.3. The molecule has 21 heavy (non-hydrogen) atoms. The van der Waals surface area contributed by atoms with Crippen LogP contribution in [0.5, 0.6) is 5.75 Å². The molecule has 0 saturated heterocycles. The number of nitrogens with zero attached hydrogens (tertiary/aromatic N) is 2. The van der Waals surface area contributed by atoms with Gasteiger partial charge in [0.05, 0.1) is 12.2 Å². The van der Waals surface area contributed by atoms with E-state index in [2.05, 4.69) is 4.90 Å². The van der Waals surface area contributed by atoms with Crippen LogP contribution < -0.4 is 9.64 Å². The van der Waals surface area contributed by atoms with Crippen molar-refractivity contribution in [3.63, 3.8) is 0 Å². The largest absolute Gasteiger partial charge is 0.489 e. The highest BCUT2D eigenvalue weighted by atomic mass is 16.5. The van der Waals surface area contributed by atoms with Crippen molar-refractivity contribution < 1.29 is 19.4 Å². The lowest BCUT2D eigenvalue weighted by Gasteiger charge is -2.32. The number of amides is 1. The van der Waals surface area contributed by atoms with Gasteiger partial charge in [0.1, 0.15) is 12.2 Å². The Hall–Kier alpha value is -2.24. The van der Waals surface area contributed by atoms with Crippen molar-refractivity contribution in [2.75, 3.05) is 38.7 Å². The molecule has 1 aromatic carbocycles. The van der Waals surface area contributed by atoms with Gasteiger partial charge in [0.2, 0.25) is 5.91 Å². The van der Waals surface area contributed by atoms with Gasteiger partial charge in [0, 0.05) is 27.1 Å². The SMILES string of the molecule is CN(C)C(=O)CCCN1CCOc2c(C(=O)O)cccc21. The van der Waals surface area contributed by atoms with Gasteiger partial charge in [-0.2, -0.15) is 0 Å². The summed E-state index contributed by atoms with van der Waals surface area (Å²) in [7, 11) is 3.48. The van der Waals surface area contributed by atoms with E-state index in [0.29, 0.717) is 31.9 Å². The Morgan fingerprint density at radius 2 is 2.14 bits per heavy atom. The van der Waals surface area contributed by atoms with Gasteiger partial charge < -0.3 is 19.6 Å². The van der Waals surface area contributed by atoms with Gasteiger partial charge >= 0.3 is 5.97 Å². The number of fused-ring (bicyclic) bond motifs is 1. The van der Waals surface area contributed by atoms with Crippen LogP contribution >= 0.6 is 0 Å². The predicted molar refractivity (Wildman–Crippen MR) is 79.0 cm³/mol. The van der Waals surface area contributed by atoms with Crippen molar-refractivity contribution in [2.24, 2.45) is 0 Å². The Kier molecular flexibility index (Phi) is 4.67. The number of rotatable bonds is 5. The van der Waals surface area contributed by atoms with Crippen LogP contribution in [0.25, 0.3) is 0 Å². The lowest BCUT2D eigenvalue weighted by molar-refractivity contribution is -0.128. The zero-order valence-corrected chi connectivity index (χ0v) is 12.3. The molecule has 1 aromatic rings. The Balaban J connectivity index is 2.07. The monoisotopic (exact) mass is 292 g/mol. The fourth-order valence-corrected chi connectivity index (χ4v) is 2.35. The summed E-state index contributed by atoms with van der Waals surface area (Å²) in [5.74, 6) is -0.463. The van der Waals surface area contributed by atoms with Crippen LogP contribution in [0, 0.1) is 0 Å². The number of ether oxygens (including phenoxy) is 1. The number of carboxylic acid groups (broad SMARTS) is 1. The number of carbonyl (C=O) groups is 2. The Bertz CT molecular complexity index is 542. The summed E-state index contributed by atoms with van der Waals surface area (Å²) in [5.41, 5.74) is 0.972. The van der Waals surface area contributed by atoms with Crippen LogP contribution in [0.3, 0.4) is 0 Å². The van der Waals surface area contributed by atoms with E-state index in [-0.39, 0.29) is 11.5 Å². The minimum absolute atomic E-state index is 0.0998. The molecule has 114 valence electrons. The number of hydrogen-bond acceptors (Lipinski definition) is 4. The van der Waals surface area contributed by atoms with Crippen molar-refractivity contribution in [1.29, 1.82) is 0 Å². The van der Waals surface area contributed by atoms with Crippen LogP contribution in [0.4, 0.5) is 5.69 Å². The molecule has 0 aliphatic carbocycles. The quantitative estimate of drug-likeness (QED) is 0.889. The maximum absolute atomic E-state index is 11.6. The summed E-state index contributed by atoms with van der Waals surface area (Å²) >= 11 is 0. The zero-order chi connectivity index (χ0) is 15.4. The molecule has 2 rings (SSSR count). The fourth-order valence-electron chi connectivity index (χ4n) is 2.35. The average Bonchev–Trinajstić information content (AvgIpc) is 2.46. The van der Waals surface area contributed by atoms with Gasteiger partial charge in [-0.1, -0.05) is 6.07 Å². The van der Waals surface area contributed by atoms with Gasteiger partial charge in [-0.05, 0) is 18.6 Å². The summed E-state index contributed by atoms with van der Waals surface area (Å²) in [5, 5.41) is 9.19. The molecule has 1 amide bonds. The third-order valence-corrected chi connectivity index (χ3v) is 3.49. The van der Waals surface area contributed by atoms with Crippen molar-refractivity contribution in [3.8, 4) is 5.75 Å². The second kappa shape index (κ2) is 6.47. The molecule has 0 bridgehead atoms. The van der Waals surface area contributed by atoms with E-state index in [1.807, 2.05) is 6.07 Å². The van der Waals surface area contributed by atoms with E-state index in [1.54, 1.807) is 31.1 Å². The average molecular weight is 292 g/mol. The molecule has 0 aromatic heterocycles. The number of para-hydroxylation sites is 1. The molecule has 1 heterocycles. The summed E-state index contributed by atoms with van der Waals surface area (Å²) < 4.78 is 5.51. The number of carbonyl (C=O) groups excluding carboxylic acids is 1. The third-order valence-electron chi connectivity index (χ3n) is 3.49. The van der Waals surface area contributed by atoms with Crippen LogP contribution in [0.2, 0.25) is 0 Å². The van der Waals surface area contributed by atoms with Crippen molar-refractivity contribution in [2.45, 2.75) is 12.8 Å². The normalized spacial score (nSPS) is 13.3. The highest BCUT2D eigenvalue weighted by molar-refractivity contribution is 5.93. The number of carboxylic acids is 1. The minimum Gasteiger partial charge on any atom is -0.489 e. The van der Waals surface area contributed by atoms with E-state index >= 15 is 0 Å². The van der Waals surface area contributed by atoms with Crippen LogP contribution in [-0.4, -0.2) is 55.7 Å². The molecule has 6 nitrogen and oxygen atoms in total. The highest BCUT2D eigenvalue weighted by Crippen LogP contribution is 2.35. The number of benzene rings is 1. The van der Waals surface area contributed by atoms with Crippen LogP contribution in [0.15, 0.2) is 18.2 Å². The second-order valence-electron chi connectivity index (χ2n) is 5.19. The third kappa shape index (κ3) is 3.45. The number of aromatic carboxylic acids is 1. The first-order valence-corrected chi connectivity index (χ1v) is 6.95. The summed E-state index contributed by atoms with van der Waals surface area (Å²) in [6, 6.07) is 5.11. The van der Waals surface area contributed by atoms with Crippen LogP contribution in [0.1, 0.15) is 23.2 Å². The lowest BCUT2D eigenvalue weighted by Crippen LogP contribution is -2.34. The predicted octanol–water partition coefficient (Wildman–Crippen LogP) is 1.45. The van der Waals surface area contributed by atoms with E-state index < -0.39 is 5.97 Å². The fraction of sp³-hybridized carbons (Fsp3) is 0.467. The number of hydrogen-bond donors (Lipinski definition) is 1. The van der Waals surface area contributed by atoms with Gasteiger partial charge in [0.25, 0.3) is 0 Å². The van der Waals surface area contributed by atoms with Crippen molar-refractivity contribution in [3.05, 3.63) is 23.8 Å². The molecule has 0 radical (unpaired) electrons. The van der Waals surface area contributed by atoms with E-state index in [9.17, 15) is 14.7 Å². The van der Waals surface area contributed by atoms with Crippen molar-refractivity contribution >= 4 is 17.6 Å². The Morgan fingerprint density at radius 3 is 2.81 bits per heavy atom. The minimum atomic E-state index is -0.989. The van der Waals surface area contributed by atoms with E-state index in [4.69, 9.17) is 4.74 Å². The van der Waals surface area contributed by atoms with E-state index in [0.717, 1.165) is 12.1 Å². The second-order valence-corrected chi connectivity index (χ2v) is 5.19. The van der Waals surface area contributed by atoms with Gasteiger partial charge in [-0.25, -0.2) is 4.79 Å². The number of anilines is 1. The first-order chi connectivity index (χ1) is 10.0. The molecule has 1 aliphatic rings.